The van der Waals surface area contributed by atoms with Crippen molar-refractivity contribution in [2.75, 3.05) is 13.1 Å². The normalized spacial score (nSPS) is 20.2. The van der Waals surface area contributed by atoms with E-state index in [9.17, 15) is 4.79 Å². The van der Waals surface area contributed by atoms with Crippen LogP contribution in [0.5, 0.6) is 0 Å². The van der Waals surface area contributed by atoms with Gasteiger partial charge in [-0.3, -0.25) is 4.79 Å². The summed E-state index contributed by atoms with van der Waals surface area (Å²) < 4.78 is 0.923. The van der Waals surface area contributed by atoms with Gasteiger partial charge in [0.2, 0.25) is 0 Å². The number of hydrogen-bond donors (Lipinski definition) is 2. The fourth-order valence-electron chi connectivity index (χ4n) is 1.83. The third kappa shape index (κ3) is 2.42. The molecule has 86 valence electrons. The van der Waals surface area contributed by atoms with Gasteiger partial charge in [-0.05, 0) is 24.6 Å². The molecular formula is C11H13BrN2OS. The Morgan fingerprint density at radius 2 is 2.31 bits per heavy atom. The van der Waals surface area contributed by atoms with Gasteiger partial charge in [-0.1, -0.05) is 15.9 Å². The number of halogens is 1. The summed E-state index contributed by atoms with van der Waals surface area (Å²) in [4.78, 5) is 14.6. The summed E-state index contributed by atoms with van der Waals surface area (Å²) in [5, 5.41) is 0. The molecule has 0 spiro atoms. The summed E-state index contributed by atoms with van der Waals surface area (Å²) in [6, 6.07) is 5.58. The Morgan fingerprint density at radius 1 is 1.56 bits per heavy atom. The Morgan fingerprint density at radius 3 is 2.88 bits per heavy atom. The first-order valence-electron chi connectivity index (χ1n) is 5.11. The zero-order valence-corrected chi connectivity index (χ0v) is 11.2. The predicted octanol–water partition coefficient (Wildman–Crippen LogP) is 1.91. The van der Waals surface area contributed by atoms with E-state index in [2.05, 4.69) is 28.6 Å². The van der Waals surface area contributed by atoms with Crippen LogP contribution in [-0.2, 0) is 0 Å². The third-order valence-corrected chi connectivity index (χ3v) is 3.57. The quantitative estimate of drug-likeness (QED) is 0.778. The number of nitrogens with zero attached hydrogens (tertiary/aromatic N) is 1. The fraction of sp³-hybridized carbons (Fsp3) is 0.364. The molecule has 3 nitrogen and oxygen atoms in total. The topological polar surface area (TPSA) is 46.3 Å². The highest BCUT2D eigenvalue weighted by molar-refractivity contribution is 9.10. The number of rotatable bonds is 1. The van der Waals surface area contributed by atoms with Gasteiger partial charge >= 0.3 is 0 Å². The van der Waals surface area contributed by atoms with Crippen molar-refractivity contribution in [1.82, 2.24) is 4.90 Å². The van der Waals surface area contributed by atoms with Gasteiger partial charge in [-0.15, -0.1) is 12.6 Å². The van der Waals surface area contributed by atoms with E-state index in [1.807, 2.05) is 12.1 Å². The standard InChI is InChI=1S/C11H13BrN2OS/c12-7-1-2-9(10(16)5-7)11(15)14-4-3-8(13)6-14/h1-2,5,8,16H,3-4,6,13H2. The lowest BCUT2D eigenvalue weighted by atomic mass is 10.2. The molecule has 2 rings (SSSR count). The lowest BCUT2D eigenvalue weighted by Gasteiger charge is -2.16. The van der Waals surface area contributed by atoms with E-state index in [1.54, 1.807) is 11.0 Å². The van der Waals surface area contributed by atoms with Crippen LogP contribution in [0.1, 0.15) is 16.8 Å². The van der Waals surface area contributed by atoms with Gasteiger partial charge in [0.1, 0.15) is 0 Å². The van der Waals surface area contributed by atoms with Crippen LogP contribution in [-0.4, -0.2) is 29.9 Å². The molecule has 1 aromatic carbocycles. The largest absolute Gasteiger partial charge is 0.337 e. The molecule has 1 heterocycles. The summed E-state index contributed by atoms with van der Waals surface area (Å²) >= 11 is 7.66. The number of amides is 1. The SMILES string of the molecule is NC1CCN(C(=O)c2ccc(Br)cc2S)C1. The molecule has 1 amide bonds. The highest BCUT2D eigenvalue weighted by Gasteiger charge is 2.25. The van der Waals surface area contributed by atoms with Crippen molar-refractivity contribution in [2.45, 2.75) is 17.4 Å². The van der Waals surface area contributed by atoms with Gasteiger partial charge in [0.25, 0.3) is 5.91 Å². The van der Waals surface area contributed by atoms with Crippen molar-refractivity contribution in [3.05, 3.63) is 28.2 Å². The molecule has 0 aliphatic carbocycles. The van der Waals surface area contributed by atoms with Crippen LogP contribution in [0.15, 0.2) is 27.6 Å². The van der Waals surface area contributed by atoms with Crippen molar-refractivity contribution < 1.29 is 4.79 Å². The second-order valence-corrected chi connectivity index (χ2v) is 5.36. The molecule has 1 aliphatic heterocycles. The van der Waals surface area contributed by atoms with Gasteiger partial charge in [0, 0.05) is 28.5 Å². The molecule has 0 aromatic heterocycles. The summed E-state index contributed by atoms with van der Waals surface area (Å²) in [5.74, 6) is 0.0189. The van der Waals surface area contributed by atoms with Crippen LogP contribution >= 0.6 is 28.6 Å². The van der Waals surface area contributed by atoms with Gasteiger partial charge < -0.3 is 10.6 Å². The number of nitrogens with two attached hydrogens (primary N) is 1. The molecule has 16 heavy (non-hydrogen) atoms. The molecule has 5 heteroatoms. The number of likely N-dealkylation sites (tertiary alicyclic amines) is 1. The summed E-state index contributed by atoms with van der Waals surface area (Å²) in [6.07, 6.45) is 0.879. The zero-order valence-electron chi connectivity index (χ0n) is 8.69. The van der Waals surface area contributed by atoms with Crippen molar-refractivity contribution in [3.8, 4) is 0 Å². The van der Waals surface area contributed by atoms with Gasteiger partial charge in [0.05, 0.1) is 5.56 Å². The highest BCUT2D eigenvalue weighted by Crippen LogP contribution is 2.22. The van der Waals surface area contributed by atoms with Crippen molar-refractivity contribution in [3.63, 3.8) is 0 Å². The van der Waals surface area contributed by atoms with E-state index in [0.29, 0.717) is 17.0 Å². The van der Waals surface area contributed by atoms with Crippen molar-refractivity contribution in [1.29, 1.82) is 0 Å². The third-order valence-electron chi connectivity index (χ3n) is 2.70. The number of thiol groups is 1. The smallest absolute Gasteiger partial charge is 0.255 e. The van der Waals surface area contributed by atoms with E-state index in [-0.39, 0.29) is 11.9 Å². The van der Waals surface area contributed by atoms with Crippen LogP contribution in [0.3, 0.4) is 0 Å². The molecular weight excluding hydrogens is 288 g/mol. The monoisotopic (exact) mass is 300 g/mol. The summed E-state index contributed by atoms with van der Waals surface area (Å²) in [7, 11) is 0. The fourth-order valence-corrected chi connectivity index (χ4v) is 2.68. The summed E-state index contributed by atoms with van der Waals surface area (Å²) in [5.41, 5.74) is 6.42. The molecule has 0 radical (unpaired) electrons. The van der Waals surface area contributed by atoms with Gasteiger partial charge in [-0.25, -0.2) is 0 Å². The lowest BCUT2D eigenvalue weighted by Crippen LogP contribution is -2.32. The first kappa shape index (κ1) is 12.0. The molecule has 1 aliphatic rings. The molecule has 1 saturated heterocycles. The van der Waals surface area contributed by atoms with E-state index in [1.165, 1.54) is 0 Å². The van der Waals surface area contributed by atoms with Gasteiger partial charge in [-0.2, -0.15) is 0 Å². The molecule has 1 aromatic rings. The van der Waals surface area contributed by atoms with E-state index < -0.39 is 0 Å². The van der Waals surface area contributed by atoms with Crippen LogP contribution in [0.4, 0.5) is 0 Å². The Kier molecular flexibility index (Phi) is 3.56. The molecule has 0 saturated carbocycles. The maximum Gasteiger partial charge on any atom is 0.255 e. The average Bonchev–Trinajstić information content (AvgIpc) is 2.64. The molecule has 2 N–H and O–H groups in total. The number of carbonyl (C=O) groups is 1. The molecule has 1 atom stereocenters. The second-order valence-electron chi connectivity index (χ2n) is 3.96. The first-order valence-corrected chi connectivity index (χ1v) is 6.35. The maximum absolute atomic E-state index is 12.1. The second kappa shape index (κ2) is 4.77. The summed E-state index contributed by atoms with van der Waals surface area (Å²) in [6.45, 7) is 1.38. The lowest BCUT2D eigenvalue weighted by molar-refractivity contribution is 0.0787. The Labute approximate surface area is 109 Å². The number of hydrogen-bond acceptors (Lipinski definition) is 3. The molecule has 1 unspecified atom stereocenters. The molecule has 1 fully saturated rings. The minimum Gasteiger partial charge on any atom is -0.337 e. The van der Waals surface area contributed by atoms with Crippen molar-refractivity contribution >= 4 is 34.5 Å². The number of benzene rings is 1. The maximum atomic E-state index is 12.1. The Bertz CT molecular complexity index is 424. The van der Waals surface area contributed by atoms with E-state index in [4.69, 9.17) is 5.73 Å². The van der Waals surface area contributed by atoms with Crippen LogP contribution < -0.4 is 5.73 Å². The van der Waals surface area contributed by atoms with E-state index in [0.717, 1.165) is 17.4 Å². The van der Waals surface area contributed by atoms with Crippen LogP contribution in [0.2, 0.25) is 0 Å². The minimum atomic E-state index is 0.0189. The van der Waals surface area contributed by atoms with E-state index >= 15 is 0 Å². The predicted molar refractivity (Wildman–Crippen MR) is 69.9 cm³/mol. The van der Waals surface area contributed by atoms with Crippen LogP contribution in [0.25, 0.3) is 0 Å². The number of carbonyl (C=O) groups excluding carboxylic acids is 1. The van der Waals surface area contributed by atoms with Crippen LogP contribution in [0, 0.1) is 0 Å². The average molecular weight is 301 g/mol. The molecule has 0 bridgehead atoms. The van der Waals surface area contributed by atoms with Crippen molar-refractivity contribution in [2.24, 2.45) is 5.73 Å². The highest BCUT2D eigenvalue weighted by atomic mass is 79.9. The minimum absolute atomic E-state index is 0.0189. The van der Waals surface area contributed by atoms with Gasteiger partial charge in [0.15, 0.2) is 0 Å². The zero-order chi connectivity index (χ0) is 11.7. The first-order chi connectivity index (χ1) is 7.58. The Hall–Kier alpha value is -0.520. The Balaban J connectivity index is 2.21.